The van der Waals surface area contributed by atoms with Crippen LogP contribution >= 0.6 is 11.6 Å². The molecule has 1 heterocycles. The predicted octanol–water partition coefficient (Wildman–Crippen LogP) is 4.89. The van der Waals surface area contributed by atoms with Crippen LogP contribution in [0, 0.1) is 0 Å². The molecule has 2 aromatic rings. The lowest BCUT2D eigenvalue weighted by Gasteiger charge is -2.29. The molecule has 2 amide bonds. The lowest BCUT2D eigenvalue weighted by atomic mass is 9.94. The monoisotopic (exact) mass is 428 g/mol. The zero-order valence-electron chi connectivity index (χ0n) is 17.2. The standard InChI is InChI=1S/C23H25ClN2O4/c1-4-19-20(22(27)30-14(2)3)21(26-23(28)25-19)16-7-11-18(12-8-16)29-13-15-5-9-17(24)10-6-15/h5-12,14,21H,4,13H2,1-3H3,(H2,25,26,28). The molecule has 0 fully saturated rings. The number of amides is 2. The van der Waals surface area contributed by atoms with Crippen molar-refractivity contribution in [1.82, 2.24) is 10.6 Å². The van der Waals surface area contributed by atoms with Gasteiger partial charge in [-0.25, -0.2) is 9.59 Å². The quantitative estimate of drug-likeness (QED) is 0.615. The lowest BCUT2D eigenvalue weighted by molar-refractivity contribution is -0.143. The molecule has 0 radical (unpaired) electrons. The average molecular weight is 429 g/mol. The van der Waals surface area contributed by atoms with Gasteiger partial charge >= 0.3 is 12.0 Å². The molecule has 0 spiro atoms. The Kier molecular flexibility index (Phi) is 7.00. The molecule has 1 aliphatic rings. The highest BCUT2D eigenvalue weighted by Gasteiger charge is 2.33. The third-order valence-electron chi connectivity index (χ3n) is 4.60. The molecule has 0 aliphatic carbocycles. The van der Waals surface area contributed by atoms with Crippen molar-refractivity contribution < 1.29 is 19.1 Å². The molecule has 1 aliphatic heterocycles. The number of esters is 1. The normalized spacial score (nSPS) is 16.2. The van der Waals surface area contributed by atoms with Gasteiger partial charge in [-0.1, -0.05) is 42.8 Å². The Hall–Kier alpha value is -2.99. The summed E-state index contributed by atoms with van der Waals surface area (Å²) in [5.74, 6) is 0.238. The minimum absolute atomic E-state index is 0.259. The van der Waals surface area contributed by atoms with E-state index in [1.54, 1.807) is 13.8 Å². The van der Waals surface area contributed by atoms with Gasteiger partial charge in [-0.3, -0.25) is 0 Å². The van der Waals surface area contributed by atoms with Gasteiger partial charge in [0.25, 0.3) is 0 Å². The molecule has 6 nitrogen and oxygen atoms in total. The third-order valence-corrected chi connectivity index (χ3v) is 4.85. The van der Waals surface area contributed by atoms with Crippen molar-refractivity contribution in [1.29, 1.82) is 0 Å². The highest BCUT2D eigenvalue weighted by atomic mass is 35.5. The van der Waals surface area contributed by atoms with E-state index in [4.69, 9.17) is 21.1 Å². The number of allylic oxidation sites excluding steroid dienone is 1. The van der Waals surface area contributed by atoms with E-state index in [0.29, 0.717) is 35.1 Å². The highest BCUT2D eigenvalue weighted by molar-refractivity contribution is 6.30. The van der Waals surface area contributed by atoms with Crippen LogP contribution in [-0.4, -0.2) is 18.1 Å². The summed E-state index contributed by atoms with van der Waals surface area (Å²) < 4.78 is 11.2. The van der Waals surface area contributed by atoms with Gasteiger partial charge in [0.1, 0.15) is 12.4 Å². The van der Waals surface area contributed by atoms with E-state index in [-0.39, 0.29) is 12.1 Å². The molecule has 0 saturated carbocycles. The van der Waals surface area contributed by atoms with Gasteiger partial charge in [0.15, 0.2) is 0 Å². The van der Waals surface area contributed by atoms with Crippen LogP contribution in [0.15, 0.2) is 59.8 Å². The molecular formula is C23H25ClN2O4. The summed E-state index contributed by atoms with van der Waals surface area (Å²) in [5, 5.41) is 6.22. The molecule has 0 saturated heterocycles. The average Bonchev–Trinajstić information content (AvgIpc) is 2.72. The maximum atomic E-state index is 12.7. The number of hydrogen-bond acceptors (Lipinski definition) is 4. The lowest BCUT2D eigenvalue weighted by Crippen LogP contribution is -2.46. The fraction of sp³-hybridized carbons (Fsp3) is 0.304. The van der Waals surface area contributed by atoms with Gasteiger partial charge < -0.3 is 20.1 Å². The Morgan fingerprint density at radius 2 is 1.77 bits per heavy atom. The maximum Gasteiger partial charge on any atom is 0.338 e. The van der Waals surface area contributed by atoms with Gasteiger partial charge in [0.05, 0.1) is 17.7 Å². The first-order valence-electron chi connectivity index (χ1n) is 9.86. The van der Waals surface area contributed by atoms with Crippen molar-refractivity contribution >= 4 is 23.6 Å². The number of halogens is 1. The van der Waals surface area contributed by atoms with E-state index < -0.39 is 12.0 Å². The van der Waals surface area contributed by atoms with Gasteiger partial charge in [-0.2, -0.15) is 0 Å². The van der Waals surface area contributed by atoms with Crippen LogP contribution in [0.5, 0.6) is 5.75 Å². The number of carbonyl (C=O) groups excluding carboxylic acids is 2. The van der Waals surface area contributed by atoms with E-state index in [1.807, 2.05) is 55.5 Å². The second kappa shape index (κ2) is 9.67. The summed E-state index contributed by atoms with van der Waals surface area (Å²) >= 11 is 5.90. The van der Waals surface area contributed by atoms with Crippen LogP contribution in [0.3, 0.4) is 0 Å². The molecule has 30 heavy (non-hydrogen) atoms. The fourth-order valence-electron chi connectivity index (χ4n) is 3.17. The number of nitrogens with one attached hydrogen (secondary N) is 2. The minimum atomic E-state index is -0.592. The Morgan fingerprint density at radius 3 is 2.37 bits per heavy atom. The summed E-state index contributed by atoms with van der Waals surface area (Å²) in [4.78, 5) is 24.8. The van der Waals surface area contributed by atoms with E-state index >= 15 is 0 Å². The SMILES string of the molecule is CCC1=C(C(=O)OC(C)C)C(c2ccc(OCc3ccc(Cl)cc3)cc2)NC(=O)N1. The van der Waals surface area contributed by atoms with E-state index in [9.17, 15) is 9.59 Å². The molecule has 7 heteroatoms. The van der Waals surface area contributed by atoms with Crippen molar-refractivity contribution in [3.05, 3.63) is 76.0 Å². The van der Waals surface area contributed by atoms with Crippen LogP contribution in [0.25, 0.3) is 0 Å². The van der Waals surface area contributed by atoms with Crippen molar-refractivity contribution in [2.24, 2.45) is 0 Å². The molecule has 2 N–H and O–H groups in total. The zero-order chi connectivity index (χ0) is 21.7. The Morgan fingerprint density at radius 1 is 1.10 bits per heavy atom. The van der Waals surface area contributed by atoms with Gasteiger partial charge in [0, 0.05) is 10.7 Å². The Bertz CT molecular complexity index is 937. The van der Waals surface area contributed by atoms with Crippen LogP contribution < -0.4 is 15.4 Å². The maximum absolute atomic E-state index is 12.7. The summed E-state index contributed by atoms with van der Waals surface area (Å²) in [6.07, 6.45) is 0.249. The largest absolute Gasteiger partial charge is 0.489 e. The number of rotatable bonds is 7. The molecule has 3 rings (SSSR count). The van der Waals surface area contributed by atoms with Crippen molar-refractivity contribution in [3.63, 3.8) is 0 Å². The molecule has 1 atom stereocenters. The first-order chi connectivity index (χ1) is 14.4. The number of ether oxygens (including phenoxy) is 2. The molecule has 2 aromatic carbocycles. The smallest absolute Gasteiger partial charge is 0.338 e. The topological polar surface area (TPSA) is 76.7 Å². The minimum Gasteiger partial charge on any atom is -0.489 e. The second-order valence-electron chi connectivity index (χ2n) is 7.22. The number of urea groups is 1. The number of hydrogen-bond donors (Lipinski definition) is 2. The first-order valence-corrected chi connectivity index (χ1v) is 10.2. The Balaban J connectivity index is 1.79. The molecular weight excluding hydrogens is 404 g/mol. The van der Waals surface area contributed by atoms with Crippen LogP contribution in [0.4, 0.5) is 4.79 Å². The van der Waals surface area contributed by atoms with E-state index in [0.717, 1.165) is 11.1 Å². The van der Waals surface area contributed by atoms with E-state index in [2.05, 4.69) is 10.6 Å². The second-order valence-corrected chi connectivity index (χ2v) is 7.65. The van der Waals surface area contributed by atoms with Crippen molar-refractivity contribution in [2.45, 2.75) is 45.9 Å². The molecule has 158 valence electrons. The predicted molar refractivity (Wildman–Crippen MR) is 115 cm³/mol. The highest BCUT2D eigenvalue weighted by Crippen LogP contribution is 2.30. The number of carbonyl (C=O) groups is 2. The fourth-order valence-corrected chi connectivity index (χ4v) is 3.30. The third kappa shape index (κ3) is 5.33. The molecule has 1 unspecified atom stereocenters. The molecule has 0 aromatic heterocycles. The summed E-state index contributed by atoms with van der Waals surface area (Å²) in [6, 6.07) is 13.8. The summed E-state index contributed by atoms with van der Waals surface area (Å²) in [7, 11) is 0. The van der Waals surface area contributed by atoms with Crippen molar-refractivity contribution in [2.75, 3.05) is 0 Å². The van der Waals surface area contributed by atoms with Gasteiger partial charge in [-0.05, 0) is 55.7 Å². The van der Waals surface area contributed by atoms with Crippen LogP contribution in [0.1, 0.15) is 44.4 Å². The van der Waals surface area contributed by atoms with E-state index in [1.165, 1.54) is 0 Å². The van der Waals surface area contributed by atoms with Gasteiger partial charge in [-0.15, -0.1) is 0 Å². The summed E-state index contributed by atoms with van der Waals surface area (Å²) in [5.41, 5.74) is 2.76. The van der Waals surface area contributed by atoms with Crippen LogP contribution in [0.2, 0.25) is 5.02 Å². The molecule has 0 bridgehead atoms. The number of benzene rings is 2. The van der Waals surface area contributed by atoms with Crippen LogP contribution in [-0.2, 0) is 16.1 Å². The van der Waals surface area contributed by atoms with Gasteiger partial charge in [0.2, 0.25) is 0 Å². The van der Waals surface area contributed by atoms with Crippen molar-refractivity contribution in [3.8, 4) is 5.75 Å². The Labute approximate surface area is 181 Å². The zero-order valence-corrected chi connectivity index (χ0v) is 18.0. The summed E-state index contributed by atoms with van der Waals surface area (Å²) in [6.45, 7) is 5.88. The first kappa shape index (κ1) is 21.7.